The Bertz CT molecular complexity index is 790. The quantitative estimate of drug-likeness (QED) is 0.804. The second-order valence-electron chi connectivity index (χ2n) is 4.82. The van der Waals surface area contributed by atoms with Gasteiger partial charge in [0.15, 0.2) is 5.82 Å². The van der Waals surface area contributed by atoms with Crippen LogP contribution >= 0.6 is 11.6 Å². The maximum Gasteiger partial charge on any atom is 0.344 e. The van der Waals surface area contributed by atoms with Crippen LogP contribution in [0, 0.1) is 0 Å². The average molecular weight is 300 g/mol. The van der Waals surface area contributed by atoms with Gasteiger partial charge in [-0.15, -0.1) is 0 Å². The second-order valence-corrected chi connectivity index (χ2v) is 5.25. The third kappa shape index (κ3) is 2.62. The van der Waals surface area contributed by atoms with Gasteiger partial charge in [0.25, 0.3) is 0 Å². The van der Waals surface area contributed by atoms with Crippen LogP contribution in [0.5, 0.6) is 0 Å². The van der Waals surface area contributed by atoms with E-state index in [2.05, 4.69) is 10.2 Å². The van der Waals surface area contributed by atoms with Crippen molar-refractivity contribution in [3.05, 3.63) is 75.7 Å². The third-order valence-electron chi connectivity index (χ3n) is 3.48. The van der Waals surface area contributed by atoms with Crippen molar-refractivity contribution in [2.75, 3.05) is 0 Å². The summed E-state index contributed by atoms with van der Waals surface area (Å²) in [7, 11) is 0. The lowest BCUT2D eigenvalue weighted by atomic mass is 10.1. The molecule has 0 aliphatic heterocycles. The highest BCUT2D eigenvalue weighted by molar-refractivity contribution is 6.30. The van der Waals surface area contributed by atoms with Crippen molar-refractivity contribution in [3.63, 3.8) is 0 Å². The molecule has 0 aliphatic carbocycles. The molecule has 1 heterocycles. The fourth-order valence-electron chi connectivity index (χ4n) is 2.35. The van der Waals surface area contributed by atoms with Crippen LogP contribution in [0.1, 0.15) is 18.5 Å². The van der Waals surface area contributed by atoms with Crippen LogP contribution in [0.15, 0.2) is 59.4 Å². The first kappa shape index (κ1) is 13.6. The molecule has 0 radical (unpaired) electrons. The lowest BCUT2D eigenvalue weighted by molar-refractivity contribution is 0.622. The first-order valence-corrected chi connectivity index (χ1v) is 7.02. The SMILES string of the molecule is C[C@H](c1ccccc1)n1c(-c2ccc(Cl)cc2)n[nH]c1=O. The minimum Gasteiger partial charge on any atom is -0.268 e. The molecule has 0 amide bonds. The first-order chi connectivity index (χ1) is 10.2. The van der Waals surface area contributed by atoms with Gasteiger partial charge in [-0.2, -0.15) is 5.10 Å². The van der Waals surface area contributed by atoms with Crippen molar-refractivity contribution < 1.29 is 0 Å². The van der Waals surface area contributed by atoms with Crippen molar-refractivity contribution in [1.29, 1.82) is 0 Å². The number of benzene rings is 2. The molecule has 0 bridgehead atoms. The highest BCUT2D eigenvalue weighted by Crippen LogP contribution is 2.24. The Kier molecular flexibility index (Phi) is 3.62. The molecular formula is C16H14ClN3O. The van der Waals surface area contributed by atoms with E-state index in [1.807, 2.05) is 49.4 Å². The van der Waals surface area contributed by atoms with Gasteiger partial charge in [0.05, 0.1) is 6.04 Å². The highest BCUT2D eigenvalue weighted by atomic mass is 35.5. The zero-order valence-corrected chi connectivity index (χ0v) is 12.2. The first-order valence-electron chi connectivity index (χ1n) is 6.64. The van der Waals surface area contributed by atoms with Crippen molar-refractivity contribution in [1.82, 2.24) is 14.8 Å². The minimum atomic E-state index is -0.226. The molecule has 1 N–H and O–H groups in total. The Morgan fingerprint density at radius 2 is 1.76 bits per heavy atom. The summed E-state index contributed by atoms with van der Waals surface area (Å²) in [6, 6.07) is 17.0. The summed E-state index contributed by atoms with van der Waals surface area (Å²) >= 11 is 5.91. The number of aromatic nitrogens is 3. The van der Waals surface area contributed by atoms with E-state index in [1.165, 1.54) is 0 Å². The molecule has 2 aromatic carbocycles. The average Bonchev–Trinajstić information content (AvgIpc) is 2.90. The van der Waals surface area contributed by atoms with Gasteiger partial charge in [0.1, 0.15) is 0 Å². The molecule has 3 rings (SSSR count). The predicted octanol–water partition coefficient (Wildman–Crippen LogP) is 3.50. The Hall–Kier alpha value is -2.33. The fourth-order valence-corrected chi connectivity index (χ4v) is 2.47. The lowest BCUT2D eigenvalue weighted by Gasteiger charge is -2.15. The number of H-pyrrole nitrogens is 1. The smallest absolute Gasteiger partial charge is 0.268 e. The van der Waals surface area contributed by atoms with E-state index in [0.29, 0.717) is 10.8 Å². The molecule has 0 saturated heterocycles. The summed E-state index contributed by atoms with van der Waals surface area (Å²) in [5, 5.41) is 7.32. The van der Waals surface area contributed by atoms with E-state index in [0.717, 1.165) is 11.1 Å². The monoisotopic (exact) mass is 299 g/mol. The molecule has 1 aromatic heterocycles. The van der Waals surface area contributed by atoms with Crippen molar-refractivity contribution in [2.45, 2.75) is 13.0 Å². The number of halogens is 1. The Labute approximate surface area is 127 Å². The fraction of sp³-hybridized carbons (Fsp3) is 0.125. The molecule has 4 nitrogen and oxygen atoms in total. The Morgan fingerprint density at radius 3 is 2.43 bits per heavy atom. The summed E-state index contributed by atoms with van der Waals surface area (Å²) < 4.78 is 1.65. The summed E-state index contributed by atoms with van der Waals surface area (Å²) in [5.41, 5.74) is 1.67. The second kappa shape index (κ2) is 5.58. The molecule has 21 heavy (non-hydrogen) atoms. The molecule has 1 atom stereocenters. The number of aromatic amines is 1. The van der Waals surface area contributed by atoms with E-state index >= 15 is 0 Å². The van der Waals surface area contributed by atoms with Gasteiger partial charge in [-0.1, -0.05) is 41.9 Å². The van der Waals surface area contributed by atoms with Crippen LogP contribution < -0.4 is 5.69 Å². The summed E-state index contributed by atoms with van der Waals surface area (Å²) in [6.07, 6.45) is 0. The topological polar surface area (TPSA) is 50.7 Å². The van der Waals surface area contributed by atoms with Crippen LogP contribution in [-0.2, 0) is 0 Å². The van der Waals surface area contributed by atoms with Gasteiger partial charge in [-0.25, -0.2) is 9.89 Å². The van der Waals surface area contributed by atoms with Crippen molar-refractivity contribution >= 4 is 11.6 Å². The van der Waals surface area contributed by atoms with E-state index in [1.54, 1.807) is 16.7 Å². The maximum atomic E-state index is 12.1. The number of rotatable bonds is 3. The molecule has 0 aliphatic rings. The molecule has 0 unspecified atom stereocenters. The summed E-state index contributed by atoms with van der Waals surface area (Å²) in [4.78, 5) is 12.1. The van der Waals surface area contributed by atoms with Crippen LogP contribution in [0.2, 0.25) is 5.02 Å². The van der Waals surface area contributed by atoms with Crippen molar-refractivity contribution in [3.8, 4) is 11.4 Å². The number of nitrogens with zero attached hydrogens (tertiary/aromatic N) is 2. The Balaban J connectivity index is 2.09. The van der Waals surface area contributed by atoms with Crippen LogP contribution in [-0.4, -0.2) is 14.8 Å². The molecular weight excluding hydrogens is 286 g/mol. The van der Waals surface area contributed by atoms with Gasteiger partial charge in [0.2, 0.25) is 0 Å². The van der Waals surface area contributed by atoms with Crippen LogP contribution in [0.3, 0.4) is 0 Å². The molecule has 5 heteroatoms. The third-order valence-corrected chi connectivity index (χ3v) is 3.73. The normalized spacial score (nSPS) is 12.3. The van der Waals surface area contributed by atoms with Crippen LogP contribution in [0.4, 0.5) is 0 Å². The minimum absolute atomic E-state index is 0.108. The Morgan fingerprint density at radius 1 is 1.10 bits per heavy atom. The van der Waals surface area contributed by atoms with E-state index in [-0.39, 0.29) is 11.7 Å². The number of nitrogens with one attached hydrogen (secondary N) is 1. The maximum absolute atomic E-state index is 12.1. The van der Waals surface area contributed by atoms with Gasteiger partial charge in [-0.05, 0) is 36.8 Å². The molecule has 0 spiro atoms. The van der Waals surface area contributed by atoms with Gasteiger partial charge < -0.3 is 0 Å². The standard InChI is InChI=1S/C16H14ClN3O/c1-11(12-5-3-2-4-6-12)20-15(18-19-16(20)21)13-7-9-14(17)10-8-13/h2-11H,1H3,(H,19,21)/t11-/m1/s1. The zero-order valence-electron chi connectivity index (χ0n) is 11.5. The van der Waals surface area contributed by atoms with E-state index < -0.39 is 0 Å². The predicted molar refractivity (Wildman–Crippen MR) is 83.5 cm³/mol. The van der Waals surface area contributed by atoms with E-state index in [9.17, 15) is 4.79 Å². The van der Waals surface area contributed by atoms with Gasteiger partial charge in [-0.3, -0.25) is 4.57 Å². The van der Waals surface area contributed by atoms with Crippen molar-refractivity contribution in [2.24, 2.45) is 0 Å². The zero-order chi connectivity index (χ0) is 14.8. The molecule has 106 valence electrons. The number of hydrogen-bond donors (Lipinski definition) is 1. The molecule has 0 fully saturated rings. The lowest BCUT2D eigenvalue weighted by Crippen LogP contribution is -2.22. The van der Waals surface area contributed by atoms with Gasteiger partial charge in [0, 0.05) is 10.6 Å². The molecule has 0 saturated carbocycles. The van der Waals surface area contributed by atoms with Gasteiger partial charge >= 0.3 is 5.69 Å². The summed E-state index contributed by atoms with van der Waals surface area (Å²) in [6.45, 7) is 1.98. The molecule has 3 aromatic rings. The summed E-state index contributed by atoms with van der Waals surface area (Å²) in [5.74, 6) is 0.605. The van der Waals surface area contributed by atoms with Crippen LogP contribution in [0.25, 0.3) is 11.4 Å². The number of hydrogen-bond acceptors (Lipinski definition) is 2. The largest absolute Gasteiger partial charge is 0.344 e. The van der Waals surface area contributed by atoms with E-state index in [4.69, 9.17) is 11.6 Å². The highest BCUT2D eigenvalue weighted by Gasteiger charge is 2.17.